The van der Waals surface area contributed by atoms with Gasteiger partial charge in [0.25, 0.3) is 11.8 Å². The van der Waals surface area contributed by atoms with Crippen molar-refractivity contribution in [3.05, 3.63) is 87.4 Å². The lowest BCUT2D eigenvalue weighted by Crippen LogP contribution is -2.23. The van der Waals surface area contributed by atoms with Crippen LogP contribution in [0.25, 0.3) is 0 Å². The van der Waals surface area contributed by atoms with Crippen LogP contribution >= 0.6 is 11.3 Å². The molecule has 0 aliphatic rings. The minimum absolute atomic E-state index is 0.0424. The Bertz CT molecular complexity index is 939. The molecule has 0 bridgehead atoms. The Hall–Kier alpha value is -2.99. The van der Waals surface area contributed by atoms with Gasteiger partial charge in [-0.05, 0) is 59.1 Å². The predicted molar refractivity (Wildman–Crippen MR) is 101 cm³/mol. The van der Waals surface area contributed by atoms with Gasteiger partial charge in [0, 0.05) is 17.8 Å². The Balaban J connectivity index is 1.74. The SMILES string of the molecule is Cc1ccc(C(=O)NCc2ccsc2)cc1NC(=O)c1ccccc1F. The highest BCUT2D eigenvalue weighted by molar-refractivity contribution is 7.07. The number of hydrogen-bond donors (Lipinski definition) is 2. The highest BCUT2D eigenvalue weighted by Crippen LogP contribution is 2.19. The third-order valence-electron chi connectivity index (χ3n) is 3.90. The van der Waals surface area contributed by atoms with Gasteiger partial charge < -0.3 is 10.6 Å². The normalized spacial score (nSPS) is 10.4. The number of anilines is 1. The number of hydrogen-bond acceptors (Lipinski definition) is 3. The molecule has 2 N–H and O–H groups in total. The Morgan fingerprint density at radius 1 is 1.08 bits per heavy atom. The molecule has 1 heterocycles. The average molecular weight is 368 g/mol. The van der Waals surface area contributed by atoms with Crippen molar-refractivity contribution in [3.63, 3.8) is 0 Å². The first-order chi connectivity index (χ1) is 12.5. The van der Waals surface area contributed by atoms with Crippen LogP contribution in [0.5, 0.6) is 0 Å². The third kappa shape index (κ3) is 4.15. The quantitative estimate of drug-likeness (QED) is 0.702. The van der Waals surface area contributed by atoms with Gasteiger partial charge in [-0.2, -0.15) is 11.3 Å². The monoisotopic (exact) mass is 368 g/mol. The molecule has 1 aromatic heterocycles. The maximum absolute atomic E-state index is 13.8. The summed E-state index contributed by atoms with van der Waals surface area (Å²) in [7, 11) is 0. The van der Waals surface area contributed by atoms with Gasteiger partial charge in [0.15, 0.2) is 0 Å². The number of carbonyl (C=O) groups excluding carboxylic acids is 2. The fraction of sp³-hybridized carbons (Fsp3) is 0.100. The van der Waals surface area contributed by atoms with E-state index in [-0.39, 0.29) is 11.5 Å². The second kappa shape index (κ2) is 7.93. The summed E-state index contributed by atoms with van der Waals surface area (Å²) in [6.07, 6.45) is 0. The second-order valence-electron chi connectivity index (χ2n) is 5.78. The zero-order chi connectivity index (χ0) is 18.5. The van der Waals surface area contributed by atoms with Gasteiger partial charge in [-0.25, -0.2) is 4.39 Å². The summed E-state index contributed by atoms with van der Waals surface area (Å²) in [5.41, 5.74) is 2.67. The van der Waals surface area contributed by atoms with E-state index in [1.54, 1.807) is 35.6 Å². The van der Waals surface area contributed by atoms with Gasteiger partial charge >= 0.3 is 0 Å². The summed E-state index contributed by atoms with van der Waals surface area (Å²) < 4.78 is 13.8. The van der Waals surface area contributed by atoms with E-state index in [1.165, 1.54) is 18.2 Å². The number of amides is 2. The van der Waals surface area contributed by atoms with Crippen molar-refractivity contribution in [1.82, 2.24) is 5.32 Å². The van der Waals surface area contributed by atoms with Crippen LogP contribution in [0.15, 0.2) is 59.3 Å². The van der Waals surface area contributed by atoms with Gasteiger partial charge in [-0.1, -0.05) is 18.2 Å². The number of halogens is 1. The highest BCUT2D eigenvalue weighted by Gasteiger charge is 2.14. The van der Waals surface area contributed by atoms with Crippen molar-refractivity contribution >= 4 is 28.8 Å². The van der Waals surface area contributed by atoms with Gasteiger partial charge in [0.05, 0.1) is 5.56 Å². The smallest absolute Gasteiger partial charge is 0.258 e. The van der Waals surface area contributed by atoms with E-state index in [0.29, 0.717) is 17.8 Å². The molecule has 0 aliphatic carbocycles. The van der Waals surface area contributed by atoms with Crippen molar-refractivity contribution in [1.29, 1.82) is 0 Å². The number of aryl methyl sites for hydroxylation is 1. The number of carbonyl (C=O) groups is 2. The lowest BCUT2D eigenvalue weighted by molar-refractivity contribution is 0.0949. The lowest BCUT2D eigenvalue weighted by atomic mass is 10.1. The largest absolute Gasteiger partial charge is 0.348 e. The van der Waals surface area contributed by atoms with E-state index in [1.807, 2.05) is 23.8 Å². The van der Waals surface area contributed by atoms with Gasteiger partial charge in [0.2, 0.25) is 0 Å². The number of rotatable bonds is 5. The summed E-state index contributed by atoms with van der Waals surface area (Å²) in [6.45, 7) is 2.25. The molecule has 0 saturated heterocycles. The molecule has 3 aromatic rings. The number of nitrogens with one attached hydrogen (secondary N) is 2. The van der Waals surface area contributed by atoms with E-state index < -0.39 is 11.7 Å². The molecular weight excluding hydrogens is 351 g/mol. The Morgan fingerprint density at radius 2 is 1.88 bits per heavy atom. The Labute approximate surface area is 154 Å². The van der Waals surface area contributed by atoms with Gasteiger partial charge in [-0.3, -0.25) is 9.59 Å². The van der Waals surface area contributed by atoms with Crippen LogP contribution in [0, 0.1) is 12.7 Å². The van der Waals surface area contributed by atoms with E-state index in [9.17, 15) is 14.0 Å². The molecule has 132 valence electrons. The Morgan fingerprint density at radius 3 is 2.62 bits per heavy atom. The predicted octanol–water partition coefficient (Wildman–Crippen LogP) is 4.38. The van der Waals surface area contributed by atoms with Crippen LogP contribution in [0.1, 0.15) is 31.8 Å². The van der Waals surface area contributed by atoms with Crippen molar-refractivity contribution in [2.75, 3.05) is 5.32 Å². The first-order valence-corrected chi connectivity index (χ1v) is 8.94. The van der Waals surface area contributed by atoms with Crippen LogP contribution < -0.4 is 10.6 Å². The highest BCUT2D eigenvalue weighted by atomic mass is 32.1. The molecule has 2 amide bonds. The van der Waals surface area contributed by atoms with Crippen molar-refractivity contribution in [2.24, 2.45) is 0 Å². The first kappa shape index (κ1) is 17.8. The molecule has 0 atom stereocenters. The molecule has 3 rings (SSSR count). The first-order valence-electron chi connectivity index (χ1n) is 8.00. The van der Waals surface area contributed by atoms with E-state index in [4.69, 9.17) is 0 Å². The topological polar surface area (TPSA) is 58.2 Å². The summed E-state index contributed by atoms with van der Waals surface area (Å²) in [6, 6.07) is 12.7. The number of benzene rings is 2. The maximum Gasteiger partial charge on any atom is 0.258 e. The maximum atomic E-state index is 13.8. The van der Waals surface area contributed by atoms with Crippen LogP contribution in [0.4, 0.5) is 10.1 Å². The summed E-state index contributed by atoms with van der Waals surface area (Å²) in [5, 5.41) is 9.43. The average Bonchev–Trinajstić information content (AvgIpc) is 3.15. The van der Waals surface area contributed by atoms with Crippen LogP contribution in [0.2, 0.25) is 0 Å². The Kier molecular flexibility index (Phi) is 5.43. The molecule has 0 spiro atoms. The number of thiophene rings is 1. The minimum Gasteiger partial charge on any atom is -0.348 e. The van der Waals surface area contributed by atoms with Crippen molar-refractivity contribution in [2.45, 2.75) is 13.5 Å². The van der Waals surface area contributed by atoms with Crippen molar-refractivity contribution in [3.8, 4) is 0 Å². The fourth-order valence-corrected chi connectivity index (χ4v) is 3.08. The van der Waals surface area contributed by atoms with Crippen LogP contribution in [-0.4, -0.2) is 11.8 Å². The zero-order valence-corrected chi connectivity index (χ0v) is 14.9. The molecule has 0 fully saturated rings. The molecule has 26 heavy (non-hydrogen) atoms. The minimum atomic E-state index is -0.590. The zero-order valence-electron chi connectivity index (χ0n) is 14.1. The van der Waals surface area contributed by atoms with Crippen molar-refractivity contribution < 1.29 is 14.0 Å². The molecule has 2 aromatic carbocycles. The second-order valence-corrected chi connectivity index (χ2v) is 6.56. The fourth-order valence-electron chi connectivity index (χ4n) is 2.41. The molecule has 4 nitrogen and oxygen atoms in total. The summed E-state index contributed by atoms with van der Waals surface area (Å²) >= 11 is 1.57. The van der Waals surface area contributed by atoms with Crippen LogP contribution in [-0.2, 0) is 6.54 Å². The van der Waals surface area contributed by atoms with E-state index in [0.717, 1.165) is 11.1 Å². The van der Waals surface area contributed by atoms with E-state index in [2.05, 4.69) is 10.6 Å². The molecule has 0 radical (unpaired) electrons. The summed E-state index contributed by atoms with van der Waals surface area (Å²) in [5.74, 6) is -1.38. The molecular formula is C20H17FN2O2S. The lowest BCUT2D eigenvalue weighted by Gasteiger charge is -2.11. The van der Waals surface area contributed by atoms with Crippen LogP contribution in [0.3, 0.4) is 0 Å². The molecule has 0 saturated carbocycles. The molecule has 0 aliphatic heterocycles. The third-order valence-corrected chi connectivity index (χ3v) is 4.63. The molecule has 6 heteroatoms. The standard InChI is InChI=1S/C20H17FN2O2S/c1-13-6-7-15(19(24)22-11-14-8-9-26-12-14)10-18(13)23-20(25)16-4-2-3-5-17(16)21/h2-10,12H,11H2,1H3,(H,22,24)(H,23,25). The van der Waals surface area contributed by atoms with Gasteiger partial charge in [-0.15, -0.1) is 0 Å². The molecule has 0 unspecified atom stereocenters. The van der Waals surface area contributed by atoms with Gasteiger partial charge in [0.1, 0.15) is 5.82 Å². The van der Waals surface area contributed by atoms with E-state index >= 15 is 0 Å². The summed E-state index contributed by atoms with van der Waals surface area (Å²) in [4.78, 5) is 24.6.